The molecule has 24 heavy (non-hydrogen) atoms. The van der Waals surface area contributed by atoms with Gasteiger partial charge in [-0.1, -0.05) is 54.6 Å². The summed E-state index contributed by atoms with van der Waals surface area (Å²) in [6.07, 6.45) is 0. The lowest BCUT2D eigenvalue weighted by Crippen LogP contribution is -2.40. The highest BCUT2D eigenvalue weighted by molar-refractivity contribution is 7.90. The van der Waals surface area contributed by atoms with Crippen LogP contribution in [0.5, 0.6) is 0 Å². The van der Waals surface area contributed by atoms with Crippen molar-refractivity contribution in [1.82, 2.24) is 9.62 Å². The summed E-state index contributed by atoms with van der Waals surface area (Å²) in [5.74, 6) is 0.310. The number of guanidine groups is 1. The van der Waals surface area contributed by atoms with Crippen molar-refractivity contribution in [1.29, 1.82) is 0 Å². The maximum Gasteiger partial charge on any atom is 0.264 e. The number of hydrogen-bond donors (Lipinski definition) is 1. The predicted octanol–water partition coefficient (Wildman–Crippen LogP) is 2.66. The highest BCUT2D eigenvalue weighted by Gasteiger charge is 2.26. The Bertz CT molecular complexity index is 872. The van der Waals surface area contributed by atoms with Crippen molar-refractivity contribution in [3.63, 3.8) is 0 Å². The molecular formula is C18H19N3O2S. The fourth-order valence-corrected chi connectivity index (χ4v) is 3.45. The lowest BCUT2D eigenvalue weighted by atomic mass is 10.2. The van der Waals surface area contributed by atoms with E-state index < -0.39 is 10.0 Å². The zero-order valence-electron chi connectivity index (χ0n) is 13.4. The first-order valence-corrected chi connectivity index (χ1v) is 9.07. The molecule has 124 valence electrons. The van der Waals surface area contributed by atoms with Gasteiger partial charge in [-0.15, -0.1) is 0 Å². The van der Waals surface area contributed by atoms with Crippen LogP contribution in [0.4, 0.5) is 0 Å². The minimum atomic E-state index is -3.67. The van der Waals surface area contributed by atoms with E-state index in [2.05, 4.69) is 16.3 Å². The average molecular weight is 341 g/mol. The second kappa shape index (κ2) is 6.49. The van der Waals surface area contributed by atoms with Crippen LogP contribution in [0.3, 0.4) is 0 Å². The molecule has 0 fully saturated rings. The van der Waals surface area contributed by atoms with E-state index in [0.717, 1.165) is 16.8 Å². The van der Waals surface area contributed by atoms with Gasteiger partial charge in [0.25, 0.3) is 10.0 Å². The first-order chi connectivity index (χ1) is 11.5. The van der Waals surface area contributed by atoms with Gasteiger partial charge < -0.3 is 4.90 Å². The highest BCUT2D eigenvalue weighted by atomic mass is 32.2. The highest BCUT2D eigenvalue weighted by Crippen LogP contribution is 2.18. The van der Waals surface area contributed by atoms with Gasteiger partial charge in [-0.25, -0.2) is 18.1 Å². The van der Waals surface area contributed by atoms with Crippen molar-refractivity contribution in [2.75, 3.05) is 6.54 Å². The molecule has 2 aromatic carbocycles. The molecule has 6 heteroatoms. The number of nitrogens with one attached hydrogen (secondary N) is 1. The Kier molecular flexibility index (Phi) is 4.40. The largest absolute Gasteiger partial charge is 0.310 e. The first kappa shape index (κ1) is 16.3. The lowest BCUT2D eigenvalue weighted by molar-refractivity contribution is 0.514. The van der Waals surface area contributed by atoms with Crippen molar-refractivity contribution in [3.05, 3.63) is 78.0 Å². The van der Waals surface area contributed by atoms with Crippen LogP contribution in [0.25, 0.3) is 0 Å². The fourth-order valence-electron chi connectivity index (χ4n) is 2.42. The van der Waals surface area contributed by atoms with Crippen LogP contribution in [0.15, 0.2) is 76.8 Å². The predicted molar refractivity (Wildman–Crippen MR) is 94.9 cm³/mol. The summed E-state index contributed by atoms with van der Waals surface area (Å²) >= 11 is 0. The molecule has 5 nitrogen and oxygen atoms in total. The Hall–Kier alpha value is -2.60. The minimum absolute atomic E-state index is 0.216. The summed E-state index contributed by atoms with van der Waals surface area (Å²) < 4.78 is 27.7. The SMILES string of the molecule is C=C1CN=C(NS(=O)(=O)c2ccc(C)cc2)N1Cc1ccccc1. The van der Waals surface area contributed by atoms with Crippen LogP contribution in [0.1, 0.15) is 11.1 Å². The van der Waals surface area contributed by atoms with Crippen LogP contribution in [-0.4, -0.2) is 25.8 Å². The quantitative estimate of drug-likeness (QED) is 0.930. The Morgan fingerprint density at radius 2 is 1.79 bits per heavy atom. The molecule has 0 aromatic heterocycles. The van der Waals surface area contributed by atoms with Gasteiger partial charge in [-0.2, -0.15) is 0 Å². The summed E-state index contributed by atoms with van der Waals surface area (Å²) in [7, 11) is -3.67. The average Bonchev–Trinajstić information content (AvgIpc) is 2.89. The van der Waals surface area contributed by atoms with Gasteiger partial charge in [0.1, 0.15) is 0 Å². The summed E-state index contributed by atoms with van der Waals surface area (Å²) in [5.41, 5.74) is 2.83. The number of hydrogen-bond acceptors (Lipinski definition) is 4. The van der Waals surface area contributed by atoms with E-state index in [1.165, 1.54) is 0 Å². The molecule has 0 bridgehead atoms. The molecule has 0 aliphatic carbocycles. The molecule has 0 spiro atoms. The van der Waals surface area contributed by atoms with E-state index in [0.29, 0.717) is 19.0 Å². The molecule has 3 rings (SSSR count). The van der Waals surface area contributed by atoms with E-state index in [-0.39, 0.29) is 4.90 Å². The molecule has 1 aliphatic heterocycles. The van der Waals surface area contributed by atoms with Gasteiger partial charge in [0, 0.05) is 5.70 Å². The van der Waals surface area contributed by atoms with Crippen molar-refractivity contribution >= 4 is 16.0 Å². The second-order valence-corrected chi connectivity index (χ2v) is 7.38. The third-order valence-electron chi connectivity index (χ3n) is 3.79. The van der Waals surface area contributed by atoms with E-state index in [4.69, 9.17) is 0 Å². The minimum Gasteiger partial charge on any atom is -0.310 e. The number of sulfonamides is 1. The van der Waals surface area contributed by atoms with Crippen LogP contribution in [-0.2, 0) is 16.6 Å². The van der Waals surface area contributed by atoms with Crippen LogP contribution in [0.2, 0.25) is 0 Å². The first-order valence-electron chi connectivity index (χ1n) is 7.59. The molecule has 2 aromatic rings. The van der Waals surface area contributed by atoms with Crippen molar-refractivity contribution < 1.29 is 8.42 Å². The Morgan fingerprint density at radius 1 is 1.12 bits per heavy atom. The zero-order valence-corrected chi connectivity index (χ0v) is 14.3. The third kappa shape index (κ3) is 3.49. The van der Waals surface area contributed by atoms with Gasteiger partial charge in [-0.05, 0) is 24.6 Å². The summed E-state index contributed by atoms with van der Waals surface area (Å²) in [6.45, 7) is 6.80. The molecule has 0 saturated heterocycles. The zero-order chi connectivity index (χ0) is 17.2. The van der Waals surface area contributed by atoms with Crippen LogP contribution >= 0.6 is 0 Å². The maximum absolute atomic E-state index is 12.6. The van der Waals surface area contributed by atoms with Crippen LogP contribution in [0, 0.1) is 6.92 Å². The summed E-state index contributed by atoms with van der Waals surface area (Å²) in [6, 6.07) is 16.5. The van der Waals surface area contributed by atoms with Crippen molar-refractivity contribution in [2.45, 2.75) is 18.4 Å². The maximum atomic E-state index is 12.6. The van der Waals surface area contributed by atoms with E-state index in [9.17, 15) is 8.42 Å². The van der Waals surface area contributed by atoms with Gasteiger partial charge in [0.05, 0.1) is 18.0 Å². The number of nitrogens with zero attached hydrogens (tertiary/aromatic N) is 2. The Labute approximate surface area is 142 Å². The normalized spacial score (nSPS) is 14.6. The summed E-state index contributed by atoms with van der Waals surface area (Å²) in [4.78, 5) is 6.28. The smallest absolute Gasteiger partial charge is 0.264 e. The molecule has 0 unspecified atom stereocenters. The lowest BCUT2D eigenvalue weighted by Gasteiger charge is -2.22. The molecule has 1 N–H and O–H groups in total. The molecule has 1 heterocycles. The molecule has 0 atom stereocenters. The monoisotopic (exact) mass is 341 g/mol. The van der Waals surface area contributed by atoms with Crippen LogP contribution < -0.4 is 4.72 Å². The molecule has 1 aliphatic rings. The number of aliphatic imine (C=N–C) groups is 1. The van der Waals surface area contributed by atoms with E-state index in [1.54, 1.807) is 29.2 Å². The van der Waals surface area contributed by atoms with Gasteiger partial charge >= 0.3 is 0 Å². The number of aryl methyl sites for hydroxylation is 1. The Balaban J connectivity index is 1.80. The van der Waals surface area contributed by atoms with Gasteiger partial charge in [0.2, 0.25) is 5.96 Å². The Morgan fingerprint density at radius 3 is 2.46 bits per heavy atom. The van der Waals surface area contributed by atoms with E-state index in [1.807, 2.05) is 37.3 Å². The molecule has 0 saturated carbocycles. The van der Waals surface area contributed by atoms with Gasteiger partial charge in [-0.3, -0.25) is 0 Å². The second-order valence-electron chi connectivity index (χ2n) is 5.70. The standard InChI is InChI=1S/C18H19N3O2S/c1-14-8-10-17(11-9-14)24(22,23)20-18-19-12-15(2)21(18)13-16-6-4-3-5-7-16/h3-11H,2,12-13H2,1H3,(H,19,20). The topological polar surface area (TPSA) is 61.8 Å². The van der Waals surface area contributed by atoms with Crippen molar-refractivity contribution in [3.8, 4) is 0 Å². The molecular weight excluding hydrogens is 322 g/mol. The fraction of sp³-hybridized carbons (Fsp3) is 0.167. The molecule has 0 amide bonds. The number of benzene rings is 2. The molecule has 0 radical (unpaired) electrons. The van der Waals surface area contributed by atoms with Gasteiger partial charge in [0.15, 0.2) is 0 Å². The van der Waals surface area contributed by atoms with Crippen molar-refractivity contribution in [2.24, 2.45) is 4.99 Å². The van der Waals surface area contributed by atoms with E-state index >= 15 is 0 Å². The summed E-state index contributed by atoms with van der Waals surface area (Å²) in [5, 5.41) is 0. The number of rotatable bonds is 4. The third-order valence-corrected chi connectivity index (χ3v) is 5.13.